The second-order valence-corrected chi connectivity index (χ2v) is 4.85. The lowest BCUT2D eigenvalue weighted by Gasteiger charge is -2.19. The number of rotatable bonds is 4. The van der Waals surface area contributed by atoms with Crippen LogP contribution >= 0.6 is 0 Å². The monoisotopic (exact) mass is 246 g/mol. The van der Waals surface area contributed by atoms with E-state index in [2.05, 4.69) is 41.0 Å². The lowest BCUT2D eigenvalue weighted by atomic mass is 10.2. The number of nitrogens with one attached hydrogen (secondary N) is 1. The fraction of sp³-hybridized carbons (Fsp3) is 0.571. The van der Waals surface area contributed by atoms with Crippen molar-refractivity contribution in [3.63, 3.8) is 0 Å². The average Bonchev–Trinajstić information content (AvgIpc) is 2.91. The summed E-state index contributed by atoms with van der Waals surface area (Å²) < 4.78 is 0. The van der Waals surface area contributed by atoms with Crippen LogP contribution in [0.2, 0.25) is 0 Å². The van der Waals surface area contributed by atoms with Gasteiger partial charge in [0.2, 0.25) is 0 Å². The minimum absolute atomic E-state index is 0.916. The van der Waals surface area contributed by atoms with Crippen molar-refractivity contribution in [2.75, 3.05) is 23.3 Å². The normalized spacial score (nSPS) is 16.2. The van der Waals surface area contributed by atoms with E-state index in [1.807, 2.05) is 6.20 Å². The van der Waals surface area contributed by atoms with Crippen LogP contribution in [0, 0.1) is 6.92 Å². The number of anilines is 2. The van der Waals surface area contributed by atoms with Gasteiger partial charge < -0.3 is 10.2 Å². The van der Waals surface area contributed by atoms with Gasteiger partial charge in [-0.2, -0.15) is 0 Å². The highest BCUT2D eigenvalue weighted by molar-refractivity contribution is 5.59. The molecule has 4 nitrogen and oxygen atoms in total. The summed E-state index contributed by atoms with van der Waals surface area (Å²) in [6, 6.07) is 0. The maximum absolute atomic E-state index is 4.42. The lowest BCUT2D eigenvalue weighted by molar-refractivity contribution is 0.917. The molecule has 18 heavy (non-hydrogen) atoms. The van der Waals surface area contributed by atoms with Gasteiger partial charge in [-0.15, -0.1) is 0 Å². The third kappa shape index (κ3) is 2.81. The van der Waals surface area contributed by atoms with E-state index in [1.54, 1.807) is 6.33 Å². The van der Waals surface area contributed by atoms with Crippen molar-refractivity contribution in [3.8, 4) is 0 Å². The first-order chi connectivity index (χ1) is 8.72. The maximum Gasteiger partial charge on any atom is 0.138 e. The van der Waals surface area contributed by atoms with Crippen LogP contribution in [0.15, 0.2) is 18.1 Å². The molecule has 0 spiro atoms. The zero-order valence-electron chi connectivity index (χ0n) is 11.5. The van der Waals surface area contributed by atoms with Crippen LogP contribution in [0.5, 0.6) is 0 Å². The molecule has 0 unspecified atom stereocenters. The van der Waals surface area contributed by atoms with Crippen molar-refractivity contribution >= 4 is 11.6 Å². The molecule has 0 aliphatic carbocycles. The zero-order valence-corrected chi connectivity index (χ0v) is 11.5. The molecule has 1 aliphatic rings. The molecule has 1 N–H and O–H groups in total. The van der Waals surface area contributed by atoms with Crippen LogP contribution in [0.4, 0.5) is 11.6 Å². The Labute approximate surface area is 109 Å². The van der Waals surface area contributed by atoms with Crippen LogP contribution < -0.4 is 10.2 Å². The molecule has 0 aromatic carbocycles. The molecule has 0 bridgehead atoms. The summed E-state index contributed by atoms with van der Waals surface area (Å²) in [5, 5.41) is 3.29. The highest BCUT2D eigenvalue weighted by Crippen LogP contribution is 2.25. The molecule has 1 aromatic rings. The molecular weight excluding hydrogens is 224 g/mol. The quantitative estimate of drug-likeness (QED) is 0.886. The Morgan fingerprint density at radius 1 is 1.39 bits per heavy atom. The van der Waals surface area contributed by atoms with Crippen molar-refractivity contribution in [3.05, 3.63) is 23.7 Å². The van der Waals surface area contributed by atoms with Gasteiger partial charge in [-0.05, 0) is 33.1 Å². The van der Waals surface area contributed by atoms with Crippen LogP contribution in [0.1, 0.15) is 38.7 Å². The van der Waals surface area contributed by atoms with Crippen molar-refractivity contribution in [2.24, 2.45) is 0 Å². The standard InChI is InChI=1S/C14H22N4/c1-4-11(2)9-15-13-12(3)14(17-10-16-13)18-7-5-6-8-18/h9-10H,4-8H2,1-3H3,(H,15,16,17)/b11-9+. The SMILES string of the molecule is CC/C(C)=C/Nc1ncnc(N2CCCC2)c1C. The summed E-state index contributed by atoms with van der Waals surface area (Å²) in [4.78, 5) is 11.1. The fourth-order valence-corrected chi connectivity index (χ4v) is 2.13. The Morgan fingerprint density at radius 2 is 2.11 bits per heavy atom. The Morgan fingerprint density at radius 3 is 2.78 bits per heavy atom. The van der Waals surface area contributed by atoms with Crippen molar-refractivity contribution < 1.29 is 0 Å². The highest BCUT2D eigenvalue weighted by Gasteiger charge is 2.17. The zero-order chi connectivity index (χ0) is 13.0. The number of nitrogens with zero attached hydrogens (tertiary/aromatic N) is 3. The predicted octanol–water partition coefficient (Wildman–Crippen LogP) is 3.11. The lowest BCUT2D eigenvalue weighted by Crippen LogP contribution is -2.20. The van der Waals surface area contributed by atoms with E-state index in [0.717, 1.165) is 36.7 Å². The van der Waals surface area contributed by atoms with Gasteiger partial charge in [-0.3, -0.25) is 0 Å². The Hall–Kier alpha value is -1.58. The van der Waals surface area contributed by atoms with E-state index < -0.39 is 0 Å². The molecule has 98 valence electrons. The summed E-state index contributed by atoms with van der Waals surface area (Å²) in [5.41, 5.74) is 2.45. The van der Waals surface area contributed by atoms with Crippen molar-refractivity contribution in [1.29, 1.82) is 0 Å². The third-order valence-electron chi connectivity index (χ3n) is 3.48. The van der Waals surface area contributed by atoms with Crippen molar-refractivity contribution in [1.82, 2.24) is 9.97 Å². The van der Waals surface area contributed by atoms with Gasteiger partial charge in [0.05, 0.1) is 0 Å². The van der Waals surface area contributed by atoms with Gasteiger partial charge in [0, 0.05) is 24.9 Å². The minimum atomic E-state index is 0.916. The van der Waals surface area contributed by atoms with E-state index in [9.17, 15) is 0 Å². The molecule has 1 saturated heterocycles. The van der Waals surface area contributed by atoms with Gasteiger partial charge in [0.15, 0.2) is 0 Å². The van der Waals surface area contributed by atoms with E-state index in [4.69, 9.17) is 0 Å². The minimum Gasteiger partial charge on any atom is -0.356 e. The molecular formula is C14H22N4. The fourth-order valence-electron chi connectivity index (χ4n) is 2.13. The largest absolute Gasteiger partial charge is 0.356 e. The van der Waals surface area contributed by atoms with Crippen molar-refractivity contribution in [2.45, 2.75) is 40.0 Å². The third-order valence-corrected chi connectivity index (χ3v) is 3.48. The first-order valence-corrected chi connectivity index (χ1v) is 6.71. The summed E-state index contributed by atoms with van der Waals surface area (Å²) in [6.07, 6.45) is 7.26. The molecule has 1 fully saturated rings. The van der Waals surface area contributed by atoms with Gasteiger partial charge >= 0.3 is 0 Å². The van der Waals surface area contributed by atoms with Crippen LogP contribution in [-0.4, -0.2) is 23.1 Å². The summed E-state index contributed by atoms with van der Waals surface area (Å²) in [7, 11) is 0. The van der Waals surface area contributed by atoms with Gasteiger partial charge in [0.1, 0.15) is 18.0 Å². The smallest absolute Gasteiger partial charge is 0.138 e. The summed E-state index contributed by atoms with van der Waals surface area (Å²) in [6.45, 7) is 8.58. The predicted molar refractivity (Wildman–Crippen MR) is 75.9 cm³/mol. The summed E-state index contributed by atoms with van der Waals surface area (Å²) in [5.74, 6) is 1.99. The molecule has 2 rings (SSSR count). The molecule has 0 atom stereocenters. The Balaban J connectivity index is 2.19. The number of hydrogen-bond acceptors (Lipinski definition) is 4. The Kier molecular flexibility index (Phi) is 4.18. The summed E-state index contributed by atoms with van der Waals surface area (Å²) >= 11 is 0. The topological polar surface area (TPSA) is 41.1 Å². The highest BCUT2D eigenvalue weighted by atomic mass is 15.2. The molecule has 1 aliphatic heterocycles. The van der Waals surface area contributed by atoms with E-state index in [1.165, 1.54) is 18.4 Å². The van der Waals surface area contributed by atoms with E-state index in [0.29, 0.717) is 0 Å². The second-order valence-electron chi connectivity index (χ2n) is 4.85. The Bertz CT molecular complexity index is 433. The molecule has 0 radical (unpaired) electrons. The first kappa shape index (κ1) is 12.9. The van der Waals surface area contributed by atoms with Gasteiger partial charge in [0.25, 0.3) is 0 Å². The van der Waals surface area contributed by atoms with Gasteiger partial charge in [-0.25, -0.2) is 9.97 Å². The number of aromatic nitrogens is 2. The first-order valence-electron chi connectivity index (χ1n) is 6.71. The van der Waals surface area contributed by atoms with Crippen LogP contribution in [-0.2, 0) is 0 Å². The molecule has 0 saturated carbocycles. The molecule has 2 heterocycles. The van der Waals surface area contributed by atoms with Gasteiger partial charge in [-0.1, -0.05) is 12.5 Å². The van der Waals surface area contributed by atoms with Crippen LogP contribution in [0.3, 0.4) is 0 Å². The van der Waals surface area contributed by atoms with Crippen LogP contribution in [0.25, 0.3) is 0 Å². The molecule has 0 amide bonds. The maximum atomic E-state index is 4.42. The second kappa shape index (κ2) is 5.85. The number of hydrogen-bond donors (Lipinski definition) is 1. The molecule has 1 aromatic heterocycles. The van der Waals surface area contributed by atoms with E-state index in [-0.39, 0.29) is 0 Å². The van der Waals surface area contributed by atoms with E-state index >= 15 is 0 Å². The average molecular weight is 246 g/mol. The number of allylic oxidation sites excluding steroid dienone is 1. The molecule has 4 heteroatoms.